The van der Waals surface area contributed by atoms with Gasteiger partial charge in [-0.1, -0.05) is 26.0 Å². The predicted octanol–water partition coefficient (Wildman–Crippen LogP) is 3.12. The van der Waals surface area contributed by atoms with Gasteiger partial charge in [-0.3, -0.25) is 0 Å². The van der Waals surface area contributed by atoms with Gasteiger partial charge in [0.25, 0.3) is 0 Å². The van der Waals surface area contributed by atoms with Gasteiger partial charge in [-0.05, 0) is 24.3 Å². The fourth-order valence-corrected chi connectivity index (χ4v) is 2.41. The second-order valence-electron chi connectivity index (χ2n) is 4.42. The van der Waals surface area contributed by atoms with E-state index in [4.69, 9.17) is 9.78 Å². The fourth-order valence-electron chi connectivity index (χ4n) is 2.41. The third-order valence-corrected chi connectivity index (χ3v) is 3.18. The van der Waals surface area contributed by atoms with Crippen LogP contribution in [0.4, 0.5) is 0 Å². The third kappa shape index (κ3) is 0.947. The standard InChI is InChI=1S/C12H14O2/c1-7(2)9-5-3-8-4-6-10-11(8)12(9)14-13-10/h3,5,7,10H,4,6H2,1-2H3. The van der Waals surface area contributed by atoms with Gasteiger partial charge < -0.3 is 4.89 Å². The van der Waals surface area contributed by atoms with E-state index < -0.39 is 0 Å². The molecular weight excluding hydrogens is 176 g/mol. The van der Waals surface area contributed by atoms with E-state index in [-0.39, 0.29) is 6.10 Å². The van der Waals surface area contributed by atoms with E-state index >= 15 is 0 Å². The van der Waals surface area contributed by atoms with Crippen LogP contribution >= 0.6 is 0 Å². The van der Waals surface area contributed by atoms with Crippen molar-refractivity contribution >= 4 is 0 Å². The van der Waals surface area contributed by atoms with Gasteiger partial charge in [0.1, 0.15) is 6.10 Å². The van der Waals surface area contributed by atoms with Gasteiger partial charge in [0.2, 0.25) is 0 Å². The molecule has 2 aliphatic rings. The van der Waals surface area contributed by atoms with Crippen molar-refractivity contribution in [2.24, 2.45) is 0 Å². The highest BCUT2D eigenvalue weighted by Gasteiger charge is 2.35. The molecule has 3 rings (SSSR count). The summed E-state index contributed by atoms with van der Waals surface area (Å²) in [4.78, 5) is 10.7. The number of aryl methyl sites for hydroxylation is 1. The molecule has 14 heavy (non-hydrogen) atoms. The lowest BCUT2D eigenvalue weighted by Crippen LogP contribution is -1.95. The van der Waals surface area contributed by atoms with E-state index in [0.717, 1.165) is 18.6 Å². The SMILES string of the molecule is CC(C)c1ccc2c3c1OOC3CC2. The zero-order valence-electron chi connectivity index (χ0n) is 8.54. The molecule has 1 heterocycles. The molecule has 1 aromatic rings. The van der Waals surface area contributed by atoms with Crippen molar-refractivity contribution in [2.75, 3.05) is 0 Å². The second-order valence-corrected chi connectivity index (χ2v) is 4.42. The monoisotopic (exact) mass is 190 g/mol. The molecule has 0 spiro atoms. The molecule has 2 nitrogen and oxygen atoms in total. The largest absolute Gasteiger partial charge is 0.336 e. The maximum atomic E-state index is 5.34. The van der Waals surface area contributed by atoms with E-state index in [2.05, 4.69) is 26.0 Å². The van der Waals surface area contributed by atoms with Crippen molar-refractivity contribution in [3.63, 3.8) is 0 Å². The molecule has 1 atom stereocenters. The Morgan fingerprint density at radius 2 is 2.21 bits per heavy atom. The smallest absolute Gasteiger partial charge is 0.175 e. The van der Waals surface area contributed by atoms with Crippen LogP contribution < -0.4 is 4.89 Å². The van der Waals surface area contributed by atoms with Crippen molar-refractivity contribution in [3.8, 4) is 5.75 Å². The van der Waals surface area contributed by atoms with Gasteiger partial charge in [0, 0.05) is 11.1 Å². The molecule has 0 bridgehead atoms. The average molecular weight is 190 g/mol. The molecule has 0 amide bonds. The topological polar surface area (TPSA) is 18.5 Å². The van der Waals surface area contributed by atoms with Crippen molar-refractivity contribution in [1.82, 2.24) is 0 Å². The average Bonchev–Trinajstić information content (AvgIpc) is 2.74. The highest BCUT2D eigenvalue weighted by atomic mass is 17.2. The molecule has 0 radical (unpaired) electrons. The molecule has 0 fully saturated rings. The Balaban J connectivity index is 2.21. The molecular formula is C12H14O2. The van der Waals surface area contributed by atoms with Crippen LogP contribution in [0.1, 0.15) is 49.0 Å². The Morgan fingerprint density at radius 3 is 3.00 bits per heavy atom. The lowest BCUT2D eigenvalue weighted by molar-refractivity contribution is -0.224. The van der Waals surface area contributed by atoms with Crippen LogP contribution in [0.2, 0.25) is 0 Å². The first-order valence-electron chi connectivity index (χ1n) is 5.26. The first-order chi connectivity index (χ1) is 6.77. The summed E-state index contributed by atoms with van der Waals surface area (Å²) in [7, 11) is 0. The van der Waals surface area contributed by atoms with E-state index in [1.165, 1.54) is 16.7 Å². The summed E-state index contributed by atoms with van der Waals surface area (Å²) in [5.74, 6) is 1.50. The van der Waals surface area contributed by atoms with E-state index in [0.29, 0.717) is 5.92 Å². The first-order valence-corrected chi connectivity index (χ1v) is 5.26. The van der Waals surface area contributed by atoms with Crippen molar-refractivity contribution in [2.45, 2.75) is 38.7 Å². The number of hydrogen-bond acceptors (Lipinski definition) is 2. The van der Waals surface area contributed by atoms with Crippen molar-refractivity contribution in [3.05, 3.63) is 28.8 Å². The molecule has 1 aliphatic carbocycles. The fraction of sp³-hybridized carbons (Fsp3) is 0.500. The minimum Gasteiger partial charge on any atom is -0.336 e. The predicted molar refractivity (Wildman–Crippen MR) is 53.3 cm³/mol. The minimum absolute atomic E-state index is 0.207. The van der Waals surface area contributed by atoms with Crippen LogP contribution in [0.5, 0.6) is 5.75 Å². The van der Waals surface area contributed by atoms with Gasteiger partial charge in [-0.25, -0.2) is 0 Å². The zero-order valence-corrected chi connectivity index (χ0v) is 8.54. The summed E-state index contributed by atoms with van der Waals surface area (Å²) in [6.07, 6.45) is 2.41. The highest BCUT2D eigenvalue weighted by molar-refractivity contribution is 5.52. The maximum absolute atomic E-state index is 5.34. The Bertz CT molecular complexity index is 382. The first kappa shape index (κ1) is 8.30. The number of benzene rings is 1. The lowest BCUT2D eigenvalue weighted by Gasteiger charge is -2.10. The Labute approximate surface area is 83.8 Å². The Morgan fingerprint density at radius 1 is 1.36 bits per heavy atom. The molecule has 74 valence electrons. The third-order valence-electron chi connectivity index (χ3n) is 3.18. The molecule has 1 aliphatic heterocycles. The zero-order chi connectivity index (χ0) is 9.71. The molecule has 0 aromatic heterocycles. The summed E-state index contributed by atoms with van der Waals surface area (Å²) in [5, 5.41) is 0. The number of rotatable bonds is 1. The normalized spacial score (nSPS) is 22.6. The summed E-state index contributed by atoms with van der Waals surface area (Å²) < 4.78 is 0. The van der Waals surface area contributed by atoms with E-state index in [9.17, 15) is 0 Å². The van der Waals surface area contributed by atoms with E-state index in [1.807, 2.05) is 0 Å². The van der Waals surface area contributed by atoms with Gasteiger partial charge in [0.15, 0.2) is 5.75 Å². The van der Waals surface area contributed by atoms with Crippen LogP contribution in [0.15, 0.2) is 12.1 Å². The van der Waals surface area contributed by atoms with Gasteiger partial charge in [0.05, 0.1) is 0 Å². The van der Waals surface area contributed by atoms with E-state index in [1.54, 1.807) is 0 Å². The van der Waals surface area contributed by atoms with Crippen LogP contribution in [0, 0.1) is 0 Å². The highest BCUT2D eigenvalue weighted by Crippen LogP contribution is 2.48. The lowest BCUT2D eigenvalue weighted by atomic mass is 9.96. The van der Waals surface area contributed by atoms with Crippen LogP contribution in [-0.4, -0.2) is 0 Å². The molecule has 0 N–H and O–H groups in total. The second kappa shape index (κ2) is 2.74. The summed E-state index contributed by atoms with van der Waals surface area (Å²) in [6.45, 7) is 4.37. The summed E-state index contributed by atoms with van der Waals surface area (Å²) in [5.41, 5.74) is 4.00. The summed E-state index contributed by atoms with van der Waals surface area (Å²) in [6, 6.07) is 4.40. The Kier molecular flexibility index (Phi) is 1.62. The van der Waals surface area contributed by atoms with Crippen molar-refractivity contribution < 1.29 is 9.78 Å². The quantitative estimate of drug-likeness (QED) is 0.633. The molecule has 0 saturated heterocycles. The summed E-state index contributed by atoms with van der Waals surface area (Å²) >= 11 is 0. The van der Waals surface area contributed by atoms with Gasteiger partial charge in [-0.2, -0.15) is 4.89 Å². The molecule has 2 heteroatoms. The number of hydrogen-bond donors (Lipinski definition) is 0. The van der Waals surface area contributed by atoms with Crippen LogP contribution in [0.25, 0.3) is 0 Å². The van der Waals surface area contributed by atoms with Crippen LogP contribution in [0.3, 0.4) is 0 Å². The Hall–Kier alpha value is -1.02. The van der Waals surface area contributed by atoms with Gasteiger partial charge >= 0.3 is 0 Å². The molecule has 1 unspecified atom stereocenters. The van der Waals surface area contributed by atoms with Crippen molar-refractivity contribution in [1.29, 1.82) is 0 Å². The van der Waals surface area contributed by atoms with Gasteiger partial charge in [-0.15, -0.1) is 0 Å². The molecule has 1 aromatic carbocycles. The molecule has 0 saturated carbocycles. The van der Waals surface area contributed by atoms with Crippen LogP contribution in [-0.2, 0) is 11.3 Å². The minimum atomic E-state index is 0.207. The maximum Gasteiger partial charge on any atom is 0.175 e.